The third-order valence-electron chi connectivity index (χ3n) is 3.84. The maximum Gasteiger partial charge on any atom is 0.488 e. The van der Waals surface area contributed by atoms with Crippen molar-refractivity contribution in [2.75, 3.05) is 27.4 Å². The molecule has 0 atom stereocenters. The van der Waals surface area contributed by atoms with Gasteiger partial charge >= 0.3 is 7.12 Å². The molecule has 0 unspecified atom stereocenters. The van der Waals surface area contributed by atoms with Gasteiger partial charge in [-0.25, -0.2) is 0 Å². The summed E-state index contributed by atoms with van der Waals surface area (Å²) < 4.78 is 10.7. The van der Waals surface area contributed by atoms with E-state index in [0.717, 1.165) is 37.4 Å². The van der Waals surface area contributed by atoms with Crippen LogP contribution < -0.4 is 10.2 Å². The third-order valence-corrected chi connectivity index (χ3v) is 3.84. The van der Waals surface area contributed by atoms with E-state index in [4.69, 9.17) is 9.47 Å². The first-order valence-corrected chi connectivity index (χ1v) is 6.92. The molecule has 1 aromatic rings. The summed E-state index contributed by atoms with van der Waals surface area (Å²) in [7, 11) is 2.26. The average Bonchev–Trinajstić information content (AvgIpc) is 2.48. The minimum atomic E-state index is -1.45. The van der Waals surface area contributed by atoms with Crippen LogP contribution in [0.5, 0.6) is 5.75 Å². The van der Waals surface area contributed by atoms with Crippen LogP contribution in [0.4, 0.5) is 0 Å². The minimum absolute atomic E-state index is 0.487. The van der Waals surface area contributed by atoms with Gasteiger partial charge in [0, 0.05) is 31.4 Å². The first-order chi connectivity index (χ1) is 9.61. The second kappa shape index (κ2) is 7.08. The van der Waals surface area contributed by atoms with E-state index in [1.165, 1.54) is 0 Å². The fraction of sp³-hybridized carbons (Fsp3) is 0.571. The van der Waals surface area contributed by atoms with Gasteiger partial charge in [-0.05, 0) is 31.4 Å². The molecule has 0 saturated carbocycles. The molecule has 1 fully saturated rings. The van der Waals surface area contributed by atoms with Crippen molar-refractivity contribution in [3.05, 3.63) is 23.8 Å². The van der Waals surface area contributed by atoms with Crippen LogP contribution >= 0.6 is 0 Å². The Bertz CT molecular complexity index is 435. The molecular formula is C14H22BNO4. The Labute approximate surface area is 120 Å². The van der Waals surface area contributed by atoms with E-state index >= 15 is 0 Å². The van der Waals surface area contributed by atoms with Crippen LogP contribution in [-0.2, 0) is 11.3 Å². The van der Waals surface area contributed by atoms with Crippen LogP contribution in [0.3, 0.4) is 0 Å². The van der Waals surface area contributed by atoms with E-state index in [9.17, 15) is 10.0 Å². The fourth-order valence-electron chi connectivity index (χ4n) is 2.61. The van der Waals surface area contributed by atoms with Gasteiger partial charge in [0.05, 0.1) is 7.11 Å². The molecular weight excluding hydrogens is 257 g/mol. The predicted octanol–water partition coefficient (Wildman–Crippen LogP) is -0.0142. The molecule has 2 rings (SSSR count). The monoisotopic (exact) mass is 279 g/mol. The third kappa shape index (κ3) is 3.73. The van der Waals surface area contributed by atoms with E-state index in [-0.39, 0.29) is 0 Å². The van der Waals surface area contributed by atoms with Gasteiger partial charge in [-0.15, -0.1) is 0 Å². The number of nitrogens with zero attached hydrogens (tertiary/aromatic N) is 1. The van der Waals surface area contributed by atoms with E-state index < -0.39 is 7.12 Å². The van der Waals surface area contributed by atoms with Gasteiger partial charge < -0.3 is 19.5 Å². The largest absolute Gasteiger partial charge is 0.496 e. The molecule has 1 aliphatic heterocycles. The number of ether oxygens (including phenoxy) is 2. The smallest absolute Gasteiger partial charge is 0.488 e. The van der Waals surface area contributed by atoms with Crippen LogP contribution in [0.15, 0.2) is 18.2 Å². The quantitative estimate of drug-likeness (QED) is 0.742. The number of hydrogen-bond donors (Lipinski definition) is 2. The highest BCUT2D eigenvalue weighted by Crippen LogP contribution is 2.21. The van der Waals surface area contributed by atoms with E-state index in [2.05, 4.69) is 11.9 Å². The molecule has 2 N–H and O–H groups in total. The minimum Gasteiger partial charge on any atom is -0.496 e. The zero-order valence-electron chi connectivity index (χ0n) is 12.1. The molecule has 0 spiro atoms. The maximum absolute atomic E-state index is 9.28. The summed E-state index contributed by atoms with van der Waals surface area (Å²) in [6, 6.07) is 5.74. The molecule has 5 nitrogen and oxygen atoms in total. The molecule has 1 heterocycles. The Morgan fingerprint density at radius 2 is 2.05 bits per heavy atom. The van der Waals surface area contributed by atoms with Crippen molar-refractivity contribution >= 4 is 12.6 Å². The predicted molar refractivity (Wildman–Crippen MR) is 78.1 cm³/mol. The Morgan fingerprint density at radius 1 is 1.35 bits per heavy atom. The molecule has 110 valence electrons. The highest BCUT2D eigenvalue weighted by atomic mass is 16.5. The number of hydrogen-bond acceptors (Lipinski definition) is 5. The highest BCUT2D eigenvalue weighted by Gasteiger charge is 2.20. The maximum atomic E-state index is 9.28. The van der Waals surface area contributed by atoms with Crippen LogP contribution in [0.25, 0.3) is 0 Å². The molecule has 0 radical (unpaired) electrons. The molecule has 1 aromatic carbocycles. The second-order valence-corrected chi connectivity index (χ2v) is 5.20. The van der Waals surface area contributed by atoms with Gasteiger partial charge in [0.2, 0.25) is 0 Å². The first kappa shape index (κ1) is 15.3. The summed E-state index contributed by atoms with van der Waals surface area (Å²) in [5, 5.41) is 18.6. The molecule has 0 aromatic heterocycles. The summed E-state index contributed by atoms with van der Waals surface area (Å²) in [5.74, 6) is 0.772. The second-order valence-electron chi connectivity index (χ2n) is 5.20. The fourth-order valence-corrected chi connectivity index (χ4v) is 2.61. The van der Waals surface area contributed by atoms with Crippen molar-refractivity contribution < 1.29 is 19.5 Å². The van der Waals surface area contributed by atoms with Crippen LogP contribution in [0, 0.1) is 0 Å². The lowest BCUT2D eigenvalue weighted by Crippen LogP contribution is -2.37. The molecule has 0 amide bonds. The van der Waals surface area contributed by atoms with Gasteiger partial charge in [0.15, 0.2) is 0 Å². The summed E-state index contributed by atoms with van der Waals surface area (Å²) in [5.41, 5.74) is 1.45. The van der Waals surface area contributed by atoms with Crippen molar-refractivity contribution in [2.24, 2.45) is 0 Å². The Hall–Kier alpha value is -1.08. The standard InChI is InChI=1S/C14H22BNO4/c1-16(13-5-7-20-8-6-13)10-11-9-12(15(17)18)3-4-14(11)19-2/h3-4,9,13,17-18H,5-8,10H2,1-2H3. The summed E-state index contributed by atoms with van der Waals surface area (Å²) in [6.07, 6.45) is 2.06. The summed E-state index contributed by atoms with van der Waals surface area (Å²) in [4.78, 5) is 2.27. The molecule has 20 heavy (non-hydrogen) atoms. The SMILES string of the molecule is COc1ccc(B(O)O)cc1CN(C)C1CCOCC1. The van der Waals surface area contributed by atoms with Gasteiger partial charge in [0.25, 0.3) is 0 Å². The Morgan fingerprint density at radius 3 is 2.65 bits per heavy atom. The van der Waals surface area contributed by atoms with E-state index in [0.29, 0.717) is 18.0 Å². The zero-order valence-corrected chi connectivity index (χ0v) is 12.1. The Kier molecular flexibility index (Phi) is 5.42. The van der Waals surface area contributed by atoms with Crippen molar-refractivity contribution in [3.8, 4) is 5.75 Å². The van der Waals surface area contributed by atoms with Gasteiger partial charge in [-0.3, -0.25) is 4.90 Å². The molecule has 6 heteroatoms. The van der Waals surface area contributed by atoms with E-state index in [1.807, 2.05) is 0 Å². The zero-order chi connectivity index (χ0) is 14.5. The average molecular weight is 279 g/mol. The lowest BCUT2D eigenvalue weighted by atomic mass is 9.79. The molecule has 0 aliphatic carbocycles. The summed E-state index contributed by atoms with van der Waals surface area (Å²) in [6.45, 7) is 2.33. The molecule has 1 aliphatic rings. The summed E-state index contributed by atoms with van der Waals surface area (Å²) >= 11 is 0. The van der Waals surface area contributed by atoms with Gasteiger partial charge in [-0.2, -0.15) is 0 Å². The Balaban J connectivity index is 2.11. The van der Waals surface area contributed by atoms with Crippen molar-refractivity contribution in [3.63, 3.8) is 0 Å². The van der Waals surface area contributed by atoms with Crippen molar-refractivity contribution in [1.29, 1.82) is 0 Å². The molecule has 1 saturated heterocycles. The van der Waals surface area contributed by atoms with Gasteiger partial charge in [-0.1, -0.05) is 12.1 Å². The lowest BCUT2D eigenvalue weighted by Gasteiger charge is -2.31. The number of methoxy groups -OCH3 is 1. The van der Waals surface area contributed by atoms with Gasteiger partial charge in [0.1, 0.15) is 5.75 Å². The number of benzene rings is 1. The normalized spacial score (nSPS) is 16.4. The van der Waals surface area contributed by atoms with Crippen LogP contribution in [-0.4, -0.2) is 55.5 Å². The van der Waals surface area contributed by atoms with E-state index in [1.54, 1.807) is 25.3 Å². The lowest BCUT2D eigenvalue weighted by molar-refractivity contribution is 0.0405. The van der Waals surface area contributed by atoms with Crippen LogP contribution in [0.2, 0.25) is 0 Å². The van der Waals surface area contributed by atoms with Crippen molar-refractivity contribution in [2.45, 2.75) is 25.4 Å². The topological polar surface area (TPSA) is 62.2 Å². The highest BCUT2D eigenvalue weighted by molar-refractivity contribution is 6.58. The molecule has 0 bridgehead atoms. The first-order valence-electron chi connectivity index (χ1n) is 6.92. The number of rotatable bonds is 5. The van der Waals surface area contributed by atoms with Crippen LogP contribution in [0.1, 0.15) is 18.4 Å². The van der Waals surface area contributed by atoms with Crippen molar-refractivity contribution in [1.82, 2.24) is 4.90 Å².